The fraction of sp³-hybridized carbons (Fsp3) is 0.400. The summed E-state index contributed by atoms with van der Waals surface area (Å²) in [6, 6.07) is 0. The number of nitrogens with zero attached hydrogens (tertiary/aromatic N) is 2. The van der Waals surface area contributed by atoms with Crippen LogP contribution < -0.4 is 0 Å². The zero-order valence-corrected chi connectivity index (χ0v) is 4.37. The number of carbonyl (C=O) groups is 1. The fourth-order valence-electron chi connectivity index (χ4n) is 0.455. The predicted octanol–water partition coefficient (Wildman–Crippen LogP) is -0.289. The van der Waals surface area contributed by atoms with Gasteiger partial charge in [0.25, 0.3) is 0 Å². The molecule has 0 amide bonds. The predicted molar refractivity (Wildman–Crippen MR) is 31.7 cm³/mol. The van der Waals surface area contributed by atoms with Gasteiger partial charge in [-0.15, -0.1) is 0 Å². The van der Waals surface area contributed by atoms with Crippen LogP contribution in [-0.2, 0) is 4.79 Å². The minimum atomic E-state index is -0.0150. The Balaban J connectivity index is 2.61. The molecule has 1 aliphatic rings. The van der Waals surface area contributed by atoms with E-state index in [2.05, 4.69) is 9.98 Å². The first-order valence-electron chi connectivity index (χ1n) is 2.40. The molecule has 1 aliphatic heterocycles. The maximum Gasteiger partial charge on any atom is 0.194 e. The van der Waals surface area contributed by atoms with Crippen LogP contribution >= 0.6 is 0 Å². The third-order valence-corrected chi connectivity index (χ3v) is 0.799. The van der Waals surface area contributed by atoms with Gasteiger partial charge in [-0.1, -0.05) is 0 Å². The Bertz CT molecular complexity index is 149. The molecule has 0 aromatic heterocycles. The highest BCUT2D eigenvalue weighted by atomic mass is 16.1. The molecule has 1 heterocycles. The maximum atomic E-state index is 10.4. The van der Waals surface area contributed by atoms with Gasteiger partial charge in [0.05, 0.1) is 12.8 Å². The van der Waals surface area contributed by atoms with Gasteiger partial charge in [0.15, 0.2) is 5.78 Å². The Kier molecular flexibility index (Phi) is 1.51. The lowest BCUT2D eigenvalue weighted by Crippen LogP contribution is -2.00. The second-order valence-corrected chi connectivity index (χ2v) is 1.48. The summed E-state index contributed by atoms with van der Waals surface area (Å²) >= 11 is 0. The standard InChI is InChI=1S/C5H6N2O/c8-5-3-6-1-2-7-4-5/h1,4H,2-3H2. The average Bonchev–Trinajstić information content (AvgIpc) is 1.94. The van der Waals surface area contributed by atoms with E-state index in [1.807, 2.05) is 0 Å². The van der Waals surface area contributed by atoms with Gasteiger partial charge in [0.1, 0.15) is 6.54 Å². The molecule has 0 fully saturated rings. The Labute approximate surface area is 47.1 Å². The second-order valence-electron chi connectivity index (χ2n) is 1.48. The number of hydrogen-bond acceptors (Lipinski definition) is 3. The number of aliphatic imine (C=N–C) groups is 2. The van der Waals surface area contributed by atoms with E-state index >= 15 is 0 Å². The molecule has 0 unspecified atom stereocenters. The van der Waals surface area contributed by atoms with E-state index in [1.165, 1.54) is 6.21 Å². The molecule has 1 rings (SSSR count). The van der Waals surface area contributed by atoms with Crippen LogP contribution in [0.5, 0.6) is 0 Å². The molecule has 0 N–H and O–H groups in total. The number of carbonyl (C=O) groups excluding carboxylic acids is 1. The van der Waals surface area contributed by atoms with Gasteiger partial charge >= 0.3 is 0 Å². The van der Waals surface area contributed by atoms with Gasteiger partial charge in [-0.25, -0.2) is 0 Å². The van der Waals surface area contributed by atoms with Crippen LogP contribution in [0.25, 0.3) is 0 Å². The summed E-state index contributed by atoms with van der Waals surface area (Å²) in [7, 11) is 0. The number of hydrogen-bond donors (Lipinski definition) is 0. The molecule has 0 radical (unpaired) electrons. The highest BCUT2D eigenvalue weighted by Gasteiger charge is 1.94. The van der Waals surface area contributed by atoms with Crippen LogP contribution in [-0.4, -0.2) is 31.3 Å². The normalized spacial score (nSPS) is 18.8. The van der Waals surface area contributed by atoms with Crippen molar-refractivity contribution in [3.63, 3.8) is 0 Å². The summed E-state index contributed by atoms with van der Waals surface area (Å²) in [5.74, 6) is -0.0150. The third kappa shape index (κ3) is 1.26. The second kappa shape index (κ2) is 2.35. The molecule has 3 heteroatoms. The van der Waals surface area contributed by atoms with Crippen molar-refractivity contribution in [3.05, 3.63) is 0 Å². The van der Waals surface area contributed by atoms with Gasteiger partial charge in [0, 0.05) is 6.21 Å². The molecule has 3 nitrogen and oxygen atoms in total. The largest absolute Gasteiger partial charge is 0.291 e. The lowest BCUT2D eigenvalue weighted by molar-refractivity contribution is -0.111. The summed E-state index contributed by atoms with van der Waals surface area (Å²) in [6.07, 6.45) is 2.97. The monoisotopic (exact) mass is 110 g/mol. The Morgan fingerprint density at radius 1 is 1.50 bits per heavy atom. The van der Waals surface area contributed by atoms with E-state index in [9.17, 15) is 4.79 Å². The molecule has 0 aromatic rings. The zero-order valence-electron chi connectivity index (χ0n) is 4.37. The van der Waals surface area contributed by atoms with Gasteiger partial charge in [-0.2, -0.15) is 0 Å². The van der Waals surface area contributed by atoms with E-state index in [4.69, 9.17) is 0 Å². The van der Waals surface area contributed by atoms with E-state index in [0.29, 0.717) is 6.54 Å². The van der Waals surface area contributed by atoms with E-state index in [-0.39, 0.29) is 12.3 Å². The van der Waals surface area contributed by atoms with Crippen LogP contribution in [0.15, 0.2) is 9.98 Å². The average molecular weight is 110 g/mol. The number of ketones is 1. The number of rotatable bonds is 0. The van der Waals surface area contributed by atoms with Crippen molar-refractivity contribution < 1.29 is 4.79 Å². The van der Waals surface area contributed by atoms with Crippen molar-refractivity contribution in [2.75, 3.05) is 13.1 Å². The minimum Gasteiger partial charge on any atom is -0.291 e. The van der Waals surface area contributed by atoms with Crippen molar-refractivity contribution in [2.45, 2.75) is 0 Å². The number of Topliss-reactive ketones (excluding diaryl/α,β-unsaturated/α-hetero) is 1. The Morgan fingerprint density at radius 3 is 3.25 bits per heavy atom. The first kappa shape index (κ1) is 5.15. The SMILES string of the molecule is O=C1C=NCC=NC1. The summed E-state index contributed by atoms with van der Waals surface area (Å²) in [6.45, 7) is 0.815. The van der Waals surface area contributed by atoms with Crippen LogP contribution in [0.4, 0.5) is 0 Å². The molecule has 0 atom stereocenters. The fourth-order valence-corrected chi connectivity index (χ4v) is 0.455. The Morgan fingerprint density at radius 2 is 2.38 bits per heavy atom. The van der Waals surface area contributed by atoms with E-state index in [1.54, 1.807) is 6.21 Å². The van der Waals surface area contributed by atoms with Crippen LogP contribution in [0.3, 0.4) is 0 Å². The molecule has 42 valence electrons. The minimum absolute atomic E-state index is 0.0150. The van der Waals surface area contributed by atoms with Crippen LogP contribution in [0, 0.1) is 0 Å². The Hall–Kier alpha value is -0.990. The van der Waals surface area contributed by atoms with Gasteiger partial charge in [-0.3, -0.25) is 14.8 Å². The summed E-state index contributed by atoms with van der Waals surface area (Å²) in [5, 5.41) is 0. The highest BCUT2D eigenvalue weighted by molar-refractivity contribution is 6.29. The molecule has 8 heavy (non-hydrogen) atoms. The lowest BCUT2D eigenvalue weighted by Gasteiger charge is -1.77. The molecule has 0 saturated heterocycles. The van der Waals surface area contributed by atoms with E-state index in [0.717, 1.165) is 0 Å². The van der Waals surface area contributed by atoms with Crippen molar-refractivity contribution in [1.29, 1.82) is 0 Å². The first-order valence-corrected chi connectivity index (χ1v) is 2.40. The van der Waals surface area contributed by atoms with Crippen molar-refractivity contribution in [2.24, 2.45) is 9.98 Å². The molecular formula is C5H6N2O. The van der Waals surface area contributed by atoms with Crippen LogP contribution in [0.1, 0.15) is 0 Å². The lowest BCUT2D eigenvalue weighted by atomic mass is 10.4. The summed E-state index contributed by atoms with van der Waals surface area (Å²) in [4.78, 5) is 17.9. The molecule has 0 aliphatic carbocycles. The maximum absolute atomic E-state index is 10.4. The van der Waals surface area contributed by atoms with Gasteiger partial charge in [0.2, 0.25) is 0 Å². The van der Waals surface area contributed by atoms with E-state index < -0.39 is 0 Å². The smallest absolute Gasteiger partial charge is 0.194 e. The molecule has 0 aromatic carbocycles. The van der Waals surface area contributed by atoms with Crippen molar-refractivity contribution in [1.82, 2.24) is 0 Å². The van der Waals surface area contributed by atoms with Crippen LogP contribution in [0.2, 0.25) is 0 Å². The molecule has 0 bridgehead atoms. The van der Waals surface area contributed by atoms with Crippen molar-refractivity contribution in [3.8, 4) is 0 Å². The molecule has 0 spiro atoms. The third-order valence-electron chi connectivity index (χ3n) is 0.799. The quantitative estimate of drug-likeness (QED) is 0.422. The summed E-state index contributed by atoms with van der Waals surface area (Å²) < 4.78 is 0. The van der Waals surface area contributed by atoms with Crippen molar-refractivity contribution >= 4 is 18.2 Å². The molecular weight excluding hydrogens is 104 g/mol. The summed E-state index contributed by atoms with van der Waals surface area (Å²) in [5.41, 5.74) is 0. The topological polar surface area (TPSA) is 41.8 Å². The molecule has 0 saturated carbocycles. The zero-order chi connectivity index (χ0) is 5.82. The highest BCUT2D eigenvalue weighted by Crippen LogP contribution is 1.77. The van der Waals surface area contributed by atoms with Gasteiger partial charge < -0.3 is 0 Å². The first-order chi connectivity index (χ1) is 3.89. The van der Waals surface area contributed by atoms with Gasteiger partial charge in [-0.05, 0) is 0 Å².